The van der Waals surface area contributed by atoms with Gasteiger partial charge in [-0.3, -0.25) is 14.4 Å². The lowest BCUT2D eigenvalue weighted by molar-refractivity contribution is -0.131. The molecular weight excluding hydrogens is 344 g/mol. The Balaban J connectivity index is 1.59. The topological polar surface area (TPSA) is 82.1 Å². The van der Waals surface area contributed by atoms with E-state index in [2.05, 4.69) is 22.7 Å². The van der Waals surface area contributed by atoms with E-state index in [4.69, 9.17) is 0 Å². The van der Waals surface area contributed by atoms with Gasteiger partial charge < -0.3 is 9.80 Å². The van der Waals surface area contributed by atoms with Gasteiger partial charge in [-0.1, -0.05) is 23.8 Å². The Bertz CT molecular complexity index is 787. The second kappa shape index (κ2) is 8.33. The van der Waals surface area contributed by atoms with Crippen molar-refractivity contribution in [1.29, 1.82) is 0 Å². The molecule has 1 saturated heterocycles. The number of rotatable bonds is 3. The van der Waals surface area contributed by atoms with Crippen molar-refractivity contribution in [3.63, 3.8) is 0 Å². The summed E-state index contributed by atoms with van der Waals surface area (Å²) in [5.74, 6) is -0.204. The van der Waals surface area contributed by atoms with Crippen LogP contribution in [0.15, 0.2) is 23.3 Å². The van der Waals surface area contributed by atoms with Crippen LogP contribution in [0.1, 0.15) is 36.0 Å². The lowest BCUT2D eigenvalue weighted by atomic mass is 10.0. The molecule has 0 aromatic heterocycles. The molecule has 144 valence electrons. The fraction of sp³-hybridized carbons (Fsp3) is 0.500. The van der Waals surface area contributed by atoms with E-state index >= 15 is 0 Å². The van der Waals surface area contributed by atoms with E-state index in [-0.39, 0.29) is 17.7 Å². The molecule has 0 bridgehead atoms. The number of aryl methyl sites for hydroxylation is 2. The molecule has 2 aliphatic rings. The van der Waals surface area contributed by atoms with Gasteiger partial charge in [-0.25, -0.2) is 5.43 Å². The van der Waals surface area contributed by atoms with E-state index in [1.165, 1.54) is 0 Å². The van der Waals surface area contributed by atoms with Crippen molar-refractivity contribution in [3.8, 4) is 0 Å². The summed E-state index contributed by atoms with van der Waals surface area (Å²) in [6.07, 6.45) is 1.79. The van der Waals surface area contributed by atoms with Crippen LogP contribution in [0.3, 0.4) is 0 Å². The van der Waals surface area contributed by atoms with E-state index in [0.717, 1.165) is 23.1 Å². The summed E-state index contributed by atoms with van der Waals surface area (Å²) in [6, 6.07) is 6.16. The Hall–Kier alpha value is -2.70. The molecule has 0 spiro atoms. The van der Waals surface area contributed by atoms with Gasteiger partial charge in [0.1, 0.15) is 5.71 Å². The maximum absolute atomic E-state index is 12.7. The normalized spacial score (nSPS) is 17.9. The van der Waals surface area contributed by atoms with Gasteiger partial charge in [-0.2, -0.15) is 5.10 Å². The molecule has 0 radical (unpaired) electrons. The number of hydrazone groups is 1. The summed E-state index contributed by atoms with van der Waals surface area (Å²) in [6.45, 7) is 6.31. The summed E-state index contributed by atoms with van der Waals surface area (Å²) in [4.78, 5) is 40.1. The zero-order valence-electron chi connectivity index (χ0n) is 16.0. The van der Waals surface area contributed by atoms with Crippen LogP contribution in [0.2, 0.25) is 0 Å². The van der Waals surface area contributed by atoms with Gasteiger partial charge in [0.2, 0.25) is 11.8 Å². The first-order valence-electron chi connectivity index (χ1n) is 9.42. The number of nitrogens with one attached hydrogen (secondary N) is 1. The highest BCUT2D eigenvalue weighted by molar-refractivity contribution is 6.39. The molecule has 7 heteroatoms. The molecule has 0 aliphatic carbocycles. The number of benzene rings is 1. The molecule has 1 aromatic carbocycles. The van der Waals surface area contributed by atoms with E-state index in [1.54, 1.807) is 4.90 Å². The van der Waals surface area contributed by atoms with Crippen LogP contribution in [0.5, 0.6) is 0 Å². The van der Waals surface area contributed by atoms with Gasteiger partial charge in [0.15, 0.2) is 0 Å². The third-order valence-electron chi connectivity index (χ3n) is 5.13. The highest BCUT2D eigenvalue weighted by Gasteiger charge is 2.26. The summed E-state index contributed by atoms with van der Waals surface area (Å²) < 4.78 is 0. The van der Waals surface area contributed by atoms with Gasteiger partial charge in [0.05, 0.1) is 6.42 Å². The predicted octanol–water partition coefficient (Wildman–Crippen LogP) is 1.17. The van der Waals surface area contributed by atoms with Gasteiger partial charge in [-0.15, -0.1) is 0 Å². The Morgan fingerprint density at radius 2 is 1.81 bits per heavy atom. The van der Waals surface area contributed by atoms with Crippen LogP contribution in [0.25, 0.3) is 0 Å². The minimum atomic E-state index is -0.161. The van der Waals surface area contributed by atoms with E-state index in [0.29, 0.717) is 51.2 Å². The molecular formula is C20H26N4O3. The first-order chi connectivity index (χ1) is 12.9. The maximum atomic E-state index is 12.7. The quantitative estimate of drug-likeness (QED) is 0.867. The van der Waals surface area contributed by atoms with Crippen molar-refractivity contribution in [1.82, 2.24) is 15.2 Å². The smallest absolute Gasteiger partial charge is 0.270 e. The second-order valence-electron chi connectivity index (χ2n) is 7.23. The molecule has 2 aliphatic heterocycles. The van der Waals surface area contributed by atoms with Crippen LogP contribution in [0.4, 0.5) is 0 Å². The van der Waals surface area contributed by atoms with E-state index in [1.807, 2.05) is 24.8 Å². The molecule has 7 nitrogen and oxygen atoms in total. The zero-order chi connectivity index (χ0) is 19.4. The van der Waals surface area contributed by atoms with Gasteiger partial charge in [0.25, 0.3) is 5.91 Å². The molecule has 27 heavy (non-hydrogen) atoms. The number of hydrogen-bond acceptors (Lipinski definition) is 4. The Morgan fingerprint density at radius 3 is 2.56 bits per heavy atom. The Kier molecular flexibility index (Phi) is 5.88. The third-order valence-corrected chi connectivity index (χ3v) is 5.13. The Labute approximate surface area is 159 Å². The van der Waals surface area contributed by atoms with Crippen LogP contribution in [0, 0.1) is 13.8 Å². The number of hydrogen-bond donors (Lipinski definition) is 1. The number of carbonyl (C=O) groups excluding carboxylic acids is 3. The van der Waals surface area contributed by atoms with Gasteiger partial charge in [-0.05, 0) is 31.4 Å². The van der Waals surface area contributed by atoms with Crippen LogP contribution in [-0.4, -0.2) is 59.4 Å². The first kappa shape index (κ1) is 19.1. The lowest BCUT2D eigenvalue weighted by Crippen LogP contribution is -2.42. The van der Waals surface area contributed by atoms with Crippen molar-refractivity contribution < 1.29 is 14.4 Å². The SMILES string of the molecule is Cc1ccc(C)c(CC(=O)N2CCCN(C(=O)C3=NNC(=O)CC3)CC2)c1. The van der Waals surface area contributed by atoms with Gasteiger partial charge >= 0.3 is 0 Å². The average Bonchev–Trinajstić information content (AvgIpc) is 2.91. The molecule has 2 heterocycles. The van der Waals surface area contributed by atoms with Crippen LogP contribution >= 0.6 is 0 Å². The highest BCUT2D eigenvalue weighted by Crippen LogP contribution is 2.14. The van der Waals surface area contributed by atoms with Crippen LogP contribution in [-0.2, 0) is 20.8 Å². The first-order valence-corrected chi connectivity index (χ1v) is 9.42. The Morgan fingerprint density at radius 1 is 1.07 bits per heavy atom. The zero-order valence-corrected chi connectivity index (χ0v) is 16.0. The second-order valence-corrected chi connectivity index (χ2v) is 7.23. The van der Waals surface area contributed by atoms with Crippen LogP contribution < -0.4 is 5.43 Å². The molecule has 3 rings (SSSR count). The maximum Gasteiger partial charge on any atom is 0.270 e. The van der Waals surface area contributed by atoms with Gasteiger partial charge in [0, 0.05) is 39.0 Å². The summed E-state index contributed by atoms with van der Waals surface area (Å²) >= 11 is 0. The minimum Gasteiger partial charge on any atom is -0.341 e. The molecule has 1 aromatic rings. The average molecular weight is 370 g/mol. The fourth-order valence-corrected chi connectivity index (χ4v) is 3.45. The number of amides is 3. The third kappa shape index (κ3) is 4.72. The molecule has 1 fully saturated rings. The van der Waals surface area contributed by atoms with Crippen molar-refractivity contribution in [3.05, 3.63) is 34.9 Å². The summed E-state index contributed by atoms with van der Waals surface area (Å²) in [7, 11) is 0. The standard InChI is InChI=1S/C20H26N4O3/c1-14-4-5-15(2)16(12-14)13-19(26)23-8-3-9-24(11-10-23)20(27)17-6-7-18(25)22-21-17/h4-5,12H,3,6-11,13H2,1-2H3,(H,22,25). The lowest BCUT2D eigenvalue weighted by Gasteiger charge is -2.23. The number of carbonyl (C=O) groups is 3. The van der Waals surface area contributed by atoms with E-state index < -0.39 is 0 Å². The molecule has 0 atom stereocenters. The summed E-state index contributed by atoms with van der Waals surface area (Å²) in [5.41, 5.74) is 6.09. The molecule has 1 N–H and O–H groups in total. The predicted molar refractivity (Wildman–Crippen MR) is 102 cm³/mol. The summed E-state index contributed by atoms with van der Waals surface area (Å²) in [5, 5.41) is 3.89. The highest BCUT2D eigenvalue weighted by atomic mass is 16.2. The molecule has 0 saturated carbocycles. The minimum absolute atomic E-state index is 0.0975. The number of nitrogens with zero attached hydrogens (tertiary/aromatic N) is 3. The van der Waals surface area contributed by atoms with Crippen molar-refractivity contribution in [2.75, 3.05) is 26.2 Å². The van der Waals surface area contributed by atoms with Crippen molar-refractivity contribution in [2.24, 2.45) is 5.10 Å². The molecule has 3 amide bonds. The van der Waals surface area contributed by atoms with Crippen molar-refractivity contribution in [2.45, 2.75) is 39.5 Å². The largest absolute Gasteiger partial charge is 0.341 e. The van der Waals surface area contributed by atoms with E-state index in [9.17, 15) is 14.4 Å². The molecule has 0 unspecified atom stereocenters. The fourth-order valence-electron chi connectivity index (χ4n) is 3.45. The monoisotopic (exact) mass is 370 g/mol. The van der Waals surface area contributed by atoms with Crippen molar-refractivity contribution >= 4 is 23.4 Å².